The summed E-state index contributed by atoms with van der Waals surface area (Å²) in [6.07, 6.45) is -2.93. The Balaban J connectivity index is 2.04. The lowest BCUT2D eigenvalue weighted by Crippen LogP contribution is -2.46. The highest BCUT2D eigenvalue weighted by molar-refractivity contribution is 8.01. The van der Waals surface area contributed by atoms with Gasteiger partial charge in [0.25, 0.3) is 5.56 Å². The van der Waals surface area contributed by atoms with Crippen LogP contribution in [0.2, 0.25) is 0 Å². The van der Waals surface area contributed by atoms with E-state index in [9.17, 15) is 28.9 Å². The fourth-order valence-corrected chi connectivity index (χ4v) is 4.68. The molecule has 1 aliphatic heterocycles. The first-order valence-corrected chi connectivity index (χ1v) is 11.4. The second kappa shape index (κ2) is 9.08. The van der Waals surface area contributed by atoms with Crippen molar-refractivity contribution in [3.8, 4) is 0 Å². The van der Waals surface area contributed by atoms with E-state index in [2.05, 4.69) is 8.62 Å². The number of hydrogen-bond acceptors (Lipinski definition) is 11. The number of aliphatic hydroxyl groups is 2. The Morgan fingerprint density at radius 3 is 2.67 bits per heavy atom. The van der Waals surface area contributed by atoms with E-state index in [4.69, 9.17) is 26.0 Å². The largest absolute Gasteiger partial charge is 0.795 e. The highest BCUT2D eigenvalue weighted by Gasteiger charge is 2.54. The predicted molar refractivity (Wildman–Crippen MR) is 91.7 cm³/mol. The number of aliphatic hydroxyl groups excluding tert-OH is 1. The third-order valence-corrected chi connectivity index (χ3v) is 6.91. The summed E-state index contributed by atoms with van der Waals surface area (Å²) in [5.74, 6) is 0. The van der Waals surface area contributed by atoms with Crippen molar-refractivity contribution >= 4 is 35.5 Å². The molecule has 1 saturated heterocycles. The first-order chi connectivity index (χ1) is 12.5. The van der Waals surface area contributed by atoms with Gasteiger partial charge in [0.1, 0.15) is 24.4 Å². The summed E-state index contributed by atoms with van der Waals surface area (Å²) in [4.78, 5) is 33.5. The van der Waals surface area contributed by atoms with E-state index >= 15 is 0 Å². The lowest BCUT2D eigenvalue weighted by molar-refractivity contribution is -0.0983. The SMILES string of the molecule is C[C@@]1(O)[C@H](O)[C@@H](CO[P+](=S)O[P+](=O)O[P+](=O)O)O[C@H]1n1ccc(=O)[nH]c1=O. The summed E-state index contributed by atoms with van der Waals surface area (Å²) in [5, 5.41) is 20.7. The number of aromatic amines is 1. The van der Waals surface area contributed by atoms with Crippen molar-refractivity contribution in [3.63, 3.8) is 0 Å². The molecular formula is C10H14N2O11P3S+3. The minimum atomic E-state index is -3.15. The van der Waals surface area contributed by atoms with E-state index in [1.807, 2.05) is 4.98 Å². The molecule has 0 radical (unpaired) electrons. The molecule has 7 atom stereocenters. The van der Waals surface area contributed by atoms with Crippen LogP contribution in [0.25, 0.3) is 0 Å². The Labute approximate surface area is 158 Å². The van der Waals surface area contributed by atoms with Gasteiger partial charge >= 0.3 is 29.4 Å². The van der Waals surface area contributed by atoms with Crippen LogP contribution < -0.4 is 11.2 Å². The molecular weight excluding hydrogens is 449 g/mol. The highest BCUT2D eigenvalue weighted by atomic mass is 32.4. The van der Waals surface area contributed by atoms with Gasteiger partial charge in [-0.1, -0.05) is 0 Å². The molecule has 0 spiro atoms. The normalized spacial score (nSPS) is 29.5. The standard InChI is InChI=1S/C10H12N2O11P3S/c1-10(16)7(14)5(4-20-26(27)23-25(19)22-24(17)18)21-8(10)12-3-2-6(13)11-9(12)15/h2-3,5,7-8,14,16H,4H2,1H3/q+1/p+2/t5-,7-,8-,10-/m1/s1. The number of nitrogens with zero attached hydrogens (tertiary/aromatic N) is 1. The Morgan fingerprint density at radius 1 is 1.41 bits per heavy atom. The van der Waals surface area contributed by atoms with E-state index in [1.165, 1.54) is 6.92 Å². The molecule has 27 heavy (non-hydrogen) atoms. The molecule has 0 amide bonds. The van der Waals surface area contributed by atoms with Crippen LogP contribution >= 0.6 is 23.7 Å². The monoisotopic (exact) mass is 463 g/mol. The van der Waals surface area contributed by atoms with Crippen molar-refractivity contribution in [2.24, 2.45) is 0 Å². The van der Waals surface area contributed by atoms with Crippen LogP contribution in [0.4, 0.5) is 0 Å². The summed E-state index contributed by atoms with van der Waals surface area (Å²) < 4.78 is 41.5. The maximum atomic E-state index is 11.9. The second-order valence-electron chi connectivity index (χ2n) is 5.36. The number of ether oxygens (including phenoxy) is 1. The molecule has 17 heteroatoms. The maximum Gasteiger partial charge on any atom is 0.795 e. The lowest BCUT2D eigenvalue weighted by atomic mass is 9.96. The summed E-state index contributed by atoms with van der Waals surface area (Å²) in [6.45, 7) is 0.797. The summed E-state index contributed by atoms with van der Waals surface area (Å²) in [6, 6.07) is 1.04. The van der Waals surface area contributed by atoms with Crippen LogP contribution in [-0.2, 0) is 38.8 Å². The molecule has 3 unspecified atom stereocenters. The minimum Gasteiger partial charge on any atom is -0.387 e. The molecule has 1 fully saturated rings. The van der Waals surface area contributed by atoms with Gasteiger partial charge in [0.05, 0.1) is 0 Å². The van der Waals surface area contributed by atoms with Crippen molar-refractivity contribution in [1.29, 1.82) is 0 Å². The van der Waals surface area contributed by atoms with Crippen molar-refractivity contribution in [2.45, 2.75) is 31.0 Å². The first-order valence-electron chi connectivity index (χ1n) is 6.99. The van der Waals surface area contributed by atoms with Crippen LogP contribution in [-0.4, -0.2) is 49.1 Å². The first kappa shape index (κ1) is 22.4. The zero-order valence-electron chi connectivity index (χ0n) is 13.4. The fraction of sp³-hybridized carbons (Fsp3) is 0.600. The molecule has 2 rings (SSSR count). The van der Waals surface area contributed by atoms with Crippen LogP contribution in [0.3, 0.4) is 0 Å². The van der Waals surface area contributed by atoms with Gasteiger partial charge in [-0.3, -0.25) is 14.3 Å². The second-order valence-corrected chi connectivity index (χ2v) is 9.19. The minimum absolute atomic E-state index is 0.421. The average molecular weight is 463 g/mol. The Kier molecular flexibility index (Phi) is 7.54. The molecule has 148 valence electrons. The average Bonchev–Trinajstić information content (AvgIpc) is 2.75. The fourth-order valence-electron chi connectivity index (χ4n) is 2.27. The van der Waals surface area contributed by atoms with Crippen LogP contribution in [0.15, 0.2) is 21.9 Å². The number of H-pyrrole nitrogens is 1. The number of nitrogens with one attached hydrogen (secondary N) is 1. The van der Waals surface area contributed by atoms with Crippen molar-refractivity contribution in [2.75, 3.05) is 6.61 Å². The third-order valence-electron chi connectivity index (χ3n) is 3.47. The van der Waals surface area contributed by atoms with E-state index < -0.39 is 65.6 Å². The molecule has 0 aromatic carbocycles. The van der Waals surface area contributed by atoms with Gasteiger partial charge < -0.3 is 14.9 Å². The van der Waals surface area contributed by atoms with Crippen LogP contribution in [0.5, 0.6) is 0 Å². The van der Waals surface area contributed by atoms with Crippen molar-refractivity contribution in [3.05, 3.63) is 33.1 Å². The molecule has 4 N–H and O–H groups in total. The van der Waals surface area contributed by atoms with E-state index in [-0.39, 0.29) is 0 Å². The smallest absolute Gasteiger partial charge is 0.387 e. The molecule has 1 aromatic heterocycles. The molecule has 13 nitrogen and oxygen atoms in total. The molecule has 0 bridgehead atoms. The number of rotatable bonds is 8. The zero-order valence-corrected chi connectivity index (χ0v) is 16.9. The Bertz CT molecular complexity index is 870. The molecule has 1 aromatic rings. The zero-order chi connectivity index (χ0) is 20.4. The molecule has 0 saturated carbocycles. The Hall–Kier alpha value is -0.880. The van der Waals surface area contributed by atoms with Crippen molar-refractivity contribution in [1.82, 2.24) is 9.55 Å². The third kappa shape index (κ3) is 5.57. The Morgan fingerprint density at radius 2 is 2.07 bits per heavy atom. The highest BCUT2D eigenvalue weighted by Crippen LogP contribution is 2.46. The van der Waals surface area contributed by atoms with E-state index in [0.29, 0.717) is 0 Å². The maximum absolute atomic E-state index is 11.9. The van der Waals surface area contributed by atoms with E-state index in [1.54, 1.807) is 0 Å². The number of aromatic nitrogens is 2. The van der Waals surface area contributed by atoms with Gasteiger partial charge in [-0.2, -0.15) is 0 Å². The van der Waals surface area contributed by atoms with E-state index in [0.717, 1.165) is 16.8 Å². The predicted octanol–water partition coefficient (Wildman–Crippen LogP) is -0.323. The van der Waals surface area contributed by atoms with Gasteiger partial charge in [-0.25, -0.2) is 4.79 Å². The van der Waals surface area contributed by atoms with Gasteiger partial charge in [0, 0.05) is 21.4 Å². The molecule has 0 aliphatic carbocycles. The summed E-state index contributed by atoms with van der Waals surface area (Å²) in [7, 11) is -8.38. The van der Waals surface area contributed by atoms with Gasteiger partial charge in [-0.15, -0.1) is 9.42 Å². The van der Waals surface area contributed by atoms with Gasteiger partial charge in [0.15, 0.2) is 14.8 Å². The molecule has 1 aliphatic rings. The summed E-state index contributed by atoms with van der Waals surface area (Å²) >= 11 is 4.74. The van der Waals surface area contributed by atoms with Gasteiger partial charge in [-0.05, 0) is 6.92 Å². The quantitative estimate of drug-likeness (QED) is 0.369. The topological polar surface area (TPSA) is 187 Å². The van der Waals surface area contributed by atoms with Gasteiger partial charge in [0.2, 0.25) is 11.8 Å². The van der Waals surface area contributed by atoms with Crippen LogP contribution in [0, 0.1) is 0 Å². The van der Waals surface area contributed by atoms with Crippen molar-refractivity contribution < 1.29 is 42.1 Å². The summed E-state index contributed by atoms with van der Waals surface area (Å²) in [5.41, 5.74) is -3.43. The number of hydrogen-bond donors (Lipinski definition) is 4. The molecule has 2 heterocycles. The van der Waals surface area contributed by atoms with Crippen LogP contribution in [0.1, 0.15) is 13.2 Å². The lowest BCUT2D eigenvalue weighted by Gasteiger charge is -2.27.